The summed E-state index contributed by atoms with van der Waals surface area (Å²) in [6.45, 7) is 7.25. The summed E-state index contributed by atoms with van der Waals surface area (Å²) in [4.78, 5) is 26.0. The van der Waals surface area contributed by atoms with E-state index in [0.717, 1.165) is 80.4 Å². The molecule has 0 unspecified atom stereocenters. The van der Waals surface area contributed by atoms with E-state index in [0.29, 0.717) is 29.9 Å². The summed E-state index contributed by atoms with van der Waals surface area (Å²) in [6, 6.07) is 6.29. The highest BCUT2D eigenvalue weighted by Crippen LogP contribution is 2.48. The lowest BCUT2D eigenvalue weighted by Crippen LogP contribution is -2.35. The summed E-state index contributed by atoms with van der Waals surface area (Å²) < 4.78 is 7.39. The van der Waals surface area contributed by atoms with Gasteiger partial charge in [0.15, 0.2) is 0 Å². The quantitative estimate of drug-likeness (QED) is 0.485. The third-order valence-electron chi connectivity index (χ3n) is 8.69. The molecule has 0 bridgehead atoms. The van der Waals surface area contributed by atoms with Gasteiger partial charge in [-0.2, -0.15) is 4.98 Å². The van der Waals surface area contributed by atoms with Crippen molar-refractivity contribution in [3.05, 3.63) is 40.3 Å². The Morgan fingerprint density at radius 3 is 2.61 bits per heavy atom. The van der Waals surface area contributed by atoms with Crippen molar-refractivity contribution in [1.82, 2.24) is 19.4 Å². The molecule has 2 N–H and O–H groups in total. The summed E-state index contributed by atoms with van der Waals surface area (Å²) >= 11 is 0. The number of aromatic nitrogens is 3. The molecule has 3 fully saturated rings. The summed E-state index contributed by atoms with van der Waals surface area (Å²) in [7, 11) is 0. The fraction of sp³-hybridized carbons (Fsp3) is 0.607. The Balaban J connectivity index is 1.42. The van der Waals surface area contributed by atoms with Crippen LogP contribution in [-0.4, -0.2) is 63.5 Å². The molecule has 1 aromatic carbocycles. The molecule has 8 heteroatoms. The second kappa shape index (κ2) is 9.72. The standard InChI is InChI=1S/C28H37N5O3/c1-2-28(9-10-28)18-30-27-29-16-24-22-8-3-19(17-32-11-13-36-14-12-32)15-23(22)26(35)33(25(24)31-27)20-4-6-21(34)7-5-20/h3,8,15-16,20-21,34H,2,4-7,9-14,17-18H2,1H3,(H,29,30,31)/t20-,21-. The number of fused-ring (bicyclic) bond motifs is 3. The Morgan fingerprint density at radius 2 is 1.89 bits per heavy atom. The molecule has 3 aliphatic rings. The molecule has 8 nitrogen and oxygen atoms in total. The van der Waals surface area contributed by atoms with E-state index in [1.165, 1.54) is 12.8 Å². The van der Waals surface area contributed by atoms with E-state index in [1.54, 1.807) is 0 Å². The van der Waals surface area contributed by atoms with Crippen LogP contribution in [0.5, 0.6) is 0 Å². The number of pyridine rings is 1. The van der Waals surface area contributed by atoms with Crippen LogP contribution in [0, 0.1) is 5.41 Å². The van der Waals surface area contributed by atoms with E-state index >= 15 is 0 Å². The monoisotopic (exact) mass is 491 g/mol. The van der Waals surface area contributed by atoms with E-state index in [4.69, 9.17) is 9.72 Å². The largest absolute Gasteiger partial charge is 0.393 e. The van der Waals surface area contributed by atoms with Crippen molar-refractivity contribution in [1.29, 1.82) is 0 Å². The maximum atomic E-state index is 14.0. The van der Waals surface area contributed by atoms with Gasteiger partial charge in [0.05, 0.1) is 19.3 Å². The van der Waals surface area contributed by atoms with E-state index in [1.807, 2.05) is 10.8 Å². The fourth-order valence-electron chi connectivity index (χ4n) is 5.93. The zero-order chi connectivity index (χ0) is 24.7. The van der Waals surface area contributed by atoms with Gasteiger partial charge >= 0.3 is 0 Å². The van der Waals surface area contributed by atoms with Crippen molar-refractivity contribution in [3.8, 4) is 0 Å². The van der Waals surface area contributed by atoms with Crippen LogP contribution in [0.15, 0.2) is 29.2 Å². The highest BCUT2D eigenvalue weighted by molar-refractivity contribution is 6.04. The molecule has 3 aromatic rings. The van der Waals surface area contributed by atoms with Crippen LogP contribution in [0.25, 0.3) is 21.8 Å². The average Bonchev–Trinajstić information content (AvgIpc) is 3.70. The highest BCUT2D eigenvalue weighted by Gasteiger charge is 2.40. The van der Waals surface area contributed by atoms with Gasteiger partial charge in [0.25, 0.3) is 5.56 Å². The number of rotatable bonds is 7. The summed E-state index contributed by atoms with van der Waals surface area (Å²) in [5.41, 5.74) is 2.23. The lowest BCUT2D eigenvalue weighted by molar-refractivity contribution is 0.0342. The molecule has 2 saturated carbocycles. The highest BCUT2D eigenvalue weighted by atomic mass is 16.5. The molecule has 1 aliphatic heterocycles. The first-order chi connectivity index (χ1) is 17.5. The van der Waals surface area contributed by atoms with Crippen molar-refractivity contribution < 1.29 is 9.84 Å². The van der Waals surface area contributed by atoms with Gasteiger partial charge in [-0.3, -0.25) is 14.3 Å². The minimum absolute atomic E-state index is 0.0135. The van der Waals surface area contributed by atoms with Crippen LogP contribution in [0.4, 0.5) is 5.95 Å². The Kier molecular flexibility index (Phi) is 6.44. The Morgan fingerprint density at radius 1 is 1.11 bits per heavy atom. The van der Waals surface area contributed by atoms with Crippen LogP contribution in [-0.2, 0) is 11.3 Å². The van der Waals surface area contributed by atoms with Crippen LogP contribution >= 0.6 is 0 Å². The summed E-state index contributed by atoms with van der Waals surface area (Å²) in [5, 5.41) is 16.1. The van der Waals surface area contributed by atoms with Crippen LogP contribution in [0.3, 0.4) is 0 Å². The predicted molar refractivity (Wildman–Crippen MR) is 141 cm³/mol. The molecule has 0 amide bonds. The molecular weight excluding hydrogens is 454 g/mol. The van der Waals surface area contributed by atoms with Crippen molar-refractivity contribution in [2.24, 2.45) is 5.41 Å². The van der Waals surface area contributed by atoms with Gasteiger partial charge < -0.3 is 15.2 Å². The summed E-state index contributed by atoms with van der Waals surface area (Å²) in [6.07, 6.45) is 8.23. The number of hydrogen-bond donors (Lipinski definition) is 2. The second-order valence-corrected chi connectivity index (χ2v) is 11.0. The van der Waals surface area contributed by atoms with Gasteiger partial charge in [-0.25, -0.2) is 4.98 Å². The zero-order valence-electron chi connectivity index (χ0n) is 21.2. The number of nitrogens with one attached hydrogen (secondary N) is 1. The van der Waals surface area contributed by atoms with Crippen molar-refractivity contribution in [2.45, 2.75) is 70.6 Å². The molecule has 1 saturated heterocycles. The number of aliphatic hydroxyl groups is 1. The van der Waals surface area contributed by atoms with E-state index < -0.39 is 0 Å². The molecule has 192 valence electrons. The van der Waals surface area contributed by atoms with Crippen molar-refractivity contribution >= 4 is 27.8 Å². The Labute approximate surface area is 211 Å². The maximum Gasteiger partial charge on any atom is 0.260 e. The first-order valence-electron chi connectivity index (χ1n) is 13.6. The normalized spacial score (nSPS) is 24.3. The lowest BCUT2D eigenvalue weighted by Gasteiger charge is -2.28. The van der Waals surface area contributed by atoms with Crippen molar-refractivity contribution in [3.63, 3.8) is 0 Å². The predicted octanol–water partition coefficient (Wildman–Crippen LogP) is 3.86. The number of hydrogen-bond acceptors (Lipinski definition) is 7. The third-order valence-corrected chi connectivity index (χ3v) is 8.69. The number of benzene rings is 1. The van der Waals surface area contributed by atoms with Crippen molar-refractivity contribution in [2.75, 3.05) is 38.2 Å². The maximum absolute atomic E-state index is 14.0. The molecule has 2 aromatic heterocycles. The number of ether oxygens (including phenoxy) is 1. The molecule has 3 heterocycles. The summed E-state index contributed by atoms with van der Waals surface area (Å²) in [5.74, 6) is 0.592. The van der Waals surface area contributed by atoms with Gasteiger partial charge in [0, 0.05) is 49.2 Å². The van der Waals surface area contributed by atoms with E-state index in [2.05, 4.69) is 40.3 Å². The molecule has 0 atom stereocenters. The molecule has 6 rings (SSSR count). The van der Waals surface area contributed by atoms with Gasteiger partial charge in [-0.05, 0) is 67.4 Å². The van der Waals surface area contributed by atoms with Crippen LogP contribution in [0.1, 0.15) is 63.5 Å². The third kappa shape index (κ3) is 4.62. The molecular formula is C28H37N5O3. The SMILES string of the molecule is CCC1(CNc2ncc3c4ccc(CN5CCOCC5)cc4c(=O)n([C@H]4CC[C@H](O)CC4)c3n2)CC1. The first-order valence-corrected chi connectivity index (χ1v) is 13.6. The number of anilines is 1. The topological polar surface area (TPSA) is 92.5 Å². The van der Waals surface area contributed by atoms with Gasteiger partial charge in [-0.15, -0.1) is 0 Å². The molecule has 36 heavy (non-hydrogen) atoms. The lowest BCUT2D eigenvalue weighted by atomic mass is 9.92. The smallest absolute Gasteiger partial charge is 0.260 e. The van der Waals surface area contributed by atoms with E-state index in [9.17, 15) is 9.90 Å². The average molecular weight is 492 g/mol. The van der Waals surface area contributed by atoms with E-state index in [-0.39, 0.29) is 17.7 Å². The second-order valence-electron chi connectivity index (χ2n) is 11.0. The van der Waals surface area contributed by atoms with Gasteiger partial charge in [0.1, 0.15) is 5.65 Å². The zero-order valence-corrected chi connectivity index (χ0v) is 21.2. The van der Waals surface area contributed by atoms with Crippen LogP contribution in [0.2, 0.25) is 0 Å². The number of morpholine rings is 1. The Bertz CT molecular complexity index is 1300. The number of nitrogens with zero attached hydrogens (tertiary/aromatic N) is 4. The minimum Gasteiger partial charge on any atom is -0.393 e. The molecule has 2 aliphatic carbocycles. The first kappa shape index (κ1) is 23.8. The number of aliphatic hydroxyl groups excluding tert-OH is 1. The fourth-order valence-corrected chi connectivity index (χ4v) is 5.93. The van der Waals surface area contributed by atoms with Gasteiger partial charge in [0.2, 0.25) is 5.95 Å². The molecule has 0 radical (unpaired) electrons. The Hall–Kier alpha value is -2.55. The minimum atomic E-state index is -0.278. The van der Waals surface area contributed by atoms with Crippen LogP contribution < -0.4 is 10.9 Å². The molecule has 0 spiro atoms. The van der Waals surface area contributed by atoms with Gasteiger partial charge in [-0.1, -0.05) is 19.1 Å².